The van der Waals surface area contributed by atoms with Crippen LogP contribution in [0.25, 0.3) is 44.7 Å². The summed E-state index contributed by atoms with van der Waals surface area (Å²) < 4.78 is 63.6. The fraction of sp³-hybridized carbons (Fsp3) is 0.442. The van der Waals surface area contributed by atoms with E-state index in [-0.39, 0.29) is 44.5 Å². The van der Waals surface area contributed by atoms with Gasteiger partial charge in [0, 0.05) is 34.9 Å². The normalized spacial score (nSPS) is 20.5. The summed E-state index contributed by atoms with van der Waals surface area (Å²) in [7, 11) is 2.41. The van der Waals surface area contributed by atoms with Gasteiger partial charge in [-0.1, -0.05) is 39.8 Å². The van der Waals surface area contributed by atoms with E-state index in [1.807, 2.05) is 6.07 Å². The fourth-order valence-corrected chi connectivity index (χ4v) is 8.65. The average molecular weight is 860 g/mol. The molecule has 4 amide bonds. The molecule has 6 unspecified atom stereocenters. The number of rotatable bonds is 10. The lowest BCUT2D eigenvalue weighted by atomic mass is 10.0. The maximum Gasteiger partial charge on any atom is 0.407 e. The Bertz CT molecular complexity index is 2540. The van der Waals surface area contributed by atoms with Crippen LogP contribution in [0.4, 0.5) is 22.8 Å². The minimum Gasteiger partial charge on any atom is -0.472 e. The zero-order valence-corrected chi connectivity index (χ0v) is 35.0. The number of imidazole rings is 2. The number of ether oxygens (including phenoxy) is 3. The van der Waals surface area contributed by atoms with Crippen molar-refractivity contribution in [2.75, 3.05) is 27.3 Å². The Balaban J connectivity index is 1.03. The van der Waals surface area contributed by atoms with Gasteiger partial charge >= 0.3 is 12.2 Å². The second-order valence-corrected chi connectivity index (χ2v) is 16.6. The molecule has 2 fully saturated rings. The van der Waals surface area contributed by atoms with Gasteiger partial charge in [0.2, 0.25) is 11.8 Å². The summed E-state index contributed by atoms with van der Waals surface area (Å²) in [5, 5.41) is 5.46. The van der Waals surface area contributed by atoms with E-state index in [1.54, 1.807) is 75.0 Å². The molecule has 0 bridgehead atoms. The van der Waals surface area contributed by atoms with E-state index >= 15 is 4.39 Å². The van der Waals surface area contributed by atoms with Crippen LogP contribution in [0.5, 0.6) is 5.75 Å². The number of nitrogens with one attached hydrogen (secondary N) is 4. The number of likely N-dealkylation sites (tertiary alicyclic amines) is 2. The zero-order valence-electron chi connectivity index (χ0n) is 35.0. The molecule has 6 atom stereocenters. The molecule has 0 radical (unpaired) electrons. The molecule has 5 aromatic rings. The summed E-state index contributed by atoms with van der Waals surface area (Å²) >= 11 is 0. The fourth-order valence-electron chi connectivity index (χ4n) is 8.65. The highest BCUT2D eigenvalue weighted by Gasteiger charge is 2.43. The number of carbonyl (C=O) groups is 4. The number of alkyl carbamates (subject to hydrolysis) is 2. The number of H-pyrrole nitrogens is 2. The lowest BCUT2D eigenvalue weighted by molar-refractivity contribution is -0.136. The number of hydrogen-bond acceptors (Lipinski definition) is 9. The van der Waals surface area contributed by atoms with Gasteiger partial charge in [0.1, 0.15) is 41.8 Å². The van der Waals surface area contributed by atoms with Crippen molar-refractivity contribution in [2.24, 2.45) is 11.8 Å². The number of methoxy groups -OCH3 is 2. The molecule has 3 aromatic heterocycles. The van der Waals surface area contributed by atoms with E-state index in [0.717, 1.165) is 0 Å². The maximum atomic E-state index is 16.6. The van der Waals surface area contributed by atoms with Crippen LogP contribution in [0.1, 0.15) is 64.3 Å². The van der Waals surface area contributed by atoms with Gasteiger partial charge in [-0.05, 0) is 36.1 Å². The molecule has 4 N–H and O–H groups in total. The van der Waals surface area contributed by atoms with Gasteiger partial charge < -0.3 is 49.2 Å². The highest BCUT2D eigenvalue weighted by Crippen LogP contribution is 2.44. The summed E-state index contributed by atoms with van der Waals surface area (Å²) in [6, 6.07) is 7.34. The van der Waals surface area contributed by atoms with Crippen LogP contribution in [0.2, 0.25) is 0 Å². The quantitative estimate of drug-likeness (QED) is 0.121. The van der Waals surface area contributed by atoms with E-state index in [9.17, 15) is 28.0 Å². The first-order valence-electron chi connectivity index (χ1n) is 20.4. The lowest BCUT2D eigenvalue weighted by Crippen LogP contribution is -2.51. The van der Waals surface area contributed by atoms with Crippen molar-refractivity contribution in [3.05, 3.63) is 66.3 Å². The zero-order chi connectivity index (χ0) is 44.1. The highest BCUT2D eigenvalue weighted by atomic mass is 19.1. The molecular formula is C43H48F3N9O7. The number of nitrogens with zero attached hydrogens (tertiary/aromatic N) is 5. The number of alkyl halides is 2. The van der Waals surface area contributed by atoms with Crippen molar-refractivity contribution < 1.29 is 46.6 Å². The number of aromatic amines is 2. The predicted octanol–water partition coefficient (Wildman–Crippen LogP) is 6.56. The molecule has 19 heteroatoms. The minimum atomic E-state index is -1.30. The van der Waals surface area contributed by atoms with Crippen LogP contribution in [0, 0.1) is 17.7 Å². The molecule has 62 heavy (non-hydrogen) atoms. The van der Waals surface area contributed by atoms with E-state index in [4.69, 9.17) is 14.2 Å². The monoisotopic (exact) mass is 859 g/mol. The van der Waals surface area contributed by atoms with Crippen LogP contribution in [0.15, 0.2) is 48.8 Å². The second-order valence-electron chi connectivity index (χ2n) is 16.6. The standard InChI is InChI=1S/C43H48F3N9O7/c1-20(2)35(51-42(58)60-5)40(56)53-17-24(44)13-31(53)38-47-15-28(49-38)22-8-10-30-27(11-22)34(46)37-26-9-7-23(12-33(26)62-19-55(30)37)29-16-48-39(50-29)32-14-25(45)18-54(32)41(57)36(21(3)4)52-43(59)61-6/h7-12,15-16,20-21,24-25,31-32,35-36H,13-14,17-19H2,1-6H3,(H,47,49)(H,48,50)(H,51,58)(H,52,59). The van der Waals surface area contributed by atoms with Crippen molar-refractivity contribution in [3.63, 3.8) is 0 Å². The Hall–Kier alpha value is -6.53. The molecular weight excluding hydrogens is 812 g/mol. The maximum absolute atomic E-state index is 16.6. The largest absolute Gasteiger partial charge is 0.472 e. The summed E-state index contributed by atoms with van der Waals surface area (Å²) in [5.41, 5.74) is 3.87. The number of carbonyl (C=O) groups excluding carboxylic acids is 4. The van der Waals surface area contributed by atoms with Crippen LogP contribution in [0.3, 0.4) is 0 Å². The topological polar surface area (TPSA) is 189 Å². The minimum absolute atomic E-state index is 0.0143. The van der Waals surface area contributed by atoms with Crippen molar-refractivity contribution in [1.82, 2.24) is 44.9 Å². The lowest BCUT2D eigenvalue weighted by Gasteiger charge is -2.29. The first-order valence-corrected chi connectivity index (χ1v) is 20.4. The number of amides is 4. The van der Waals surface area contributed by atoms with Gasteiger partial charge in [0.05, 0.1) is 74.4 Å². The number of aromatic nitrogens is 5. The average Bonchev–Trinajstić information content (AvgIpc) is 4.11. The van der Waals surface area contributed by atoms with Crippen LogP contribution < -0.4 is 15.4 Å². The molecule has 0 saturated carbocycles. The molecule has 6 heterocycles. The van der Waals surface area contributed by atoms with Crippen LogP contribution >= 0.6 is 0 Å². The summed E-state index contributed by atoms with van der Waals surface area (Å²) in [5.74, 6) is -0.755. The van der Waals surface area contributed by atoms with Gasteiger partial charge in [-0.15, -0.1) is 0 Å². The van der Waals surface area contributed by atoms with Gasteiger partial charge in [-0.25, -0.2) is 32.7 Å². The Morgan fingerprint density at radius 2 is 1.27 bits per heavy atom. The molecule has 3 aliphatic rings. The summed E-state index contributed by atoms with van der Waals surface area (Å²) in [4.78, 5) is 69.5. The Labute approximate surface area is 354 Å². The number of benzene rings is 2. The van der Waals surface area contributed by atoms with E-state index < -0.39 is 66.3 Å². The number of halogens is 3. The third kappa shape index (κ3) is 7.68. The predicted molar refractivity (Wildman–Crippen MR) is 219 cm³/mol. The molecule has 2 aromatic carbocycles. The van der Waals surface area contributed by atoms with Gasteiger partial charge in [0.15, 0.2) is 12.5 Å². The van der Waals surface area contributed by atoms with Crippen molar-refractivity contribution in [2.45, 2.75) is 83.8 Å². The molecule has 0 aliphatic carbocycles. The van der Waals surface area contributed by atoms with E-state index in [1.165, 1.54) is 24.0 Å². The Morgan fingerprint density at radius 1 is 0.774 bits per heavy atom. The third-order valence-electron chi connectivity index (χ3n) is 11.9. The van der Waals surface area contributed by atoms with Crippen molar-refractivity contribution in [1.29, 1.82) is 0 Å². The van der Waals surface area contributed by atoms with Crippen molar-refractivity contribution >= 4 is 34.9 Å². The third-order valence-corrected chi connectivity index (χ3v) is 11.9. The van der Waals surface area contributed by atoms with Crippen molar-refractivity contribution in [3.8, 4) is 39.5 Å². The molecule has 3 aliphatic heterocycles. The SMILES string of the molecule is COC(=O)NC(C(=O)N1CC(F)CC1c1ncc(-c2ccc3c(c2)OCn2c-3c(F)c3cc(-c4cnc(C5CC(F)CN5C(=O)C(NC(=O)OC)C(C)C)[nH]4)ccc32)[nH]1)C(C)C. The van der Waals surface area contributed by atoms with Gasteiger partial charge in [0.25, 0.3) is 0 Å². The first kappa shape index (κ1) is 42.2. The van der Waals surface area contributed by atoms with E-state index in [2.05, 4.69) is 30.6 Å². The first-order chi connectivity index (χ1) is 29.7. The number of hydrogen-bond donors (Lipinski definition) is 4. The Kier molecular flexibility index (Phi) is 11.4. The summed E-state index contributed by atoms with van der Waals surface area (Å²) in [6.45, 7) is 6.82. The highest BCUT2D eigenvalue weighted by molar-refractivity contribution is 5.93. The molecule has 328 valence electrons. The molecule has 8 rings (SSSR count). The molecule has 16 nitrogen and oxygen atoms in total. The van der Waals surface area contributed by atoms with Gasteiger partial charge in [-0.2, -0.15) is 0 Å². The smallest absolute Gasteiger partial charge is 0.407 e. The van der Waals surface area contributed by atoms with E-state index in [0.29, 0.717) is 62.1 Å². The molecule has 2 saturated heterocycles. The molecule has 0 spiro atoms. The summed E-state index contributed by atoms with van der Waals surface area (Å²) in [6.07, 6.45) is -0.921. The van der Waals surface area contributed by atoms with Gasteiger partial charge in [-0.3, -0.25) is 9.59 Å². The number of fused-ring (bicyclic) bond motifs is 5. The second kappa shape index (κ2) is 16.7. The van der Waals surface area contributed by atoms with Crippen LogP contribution in [-0.4, -0.2) is 110 Å². The van der Waals surface area contributed by atoms with Crippen LogP contribution in [-0.2, 0) is 25.8 Å². The Morgan fingerprint density at radius 3 is 1.77 bits per heavy atom.